The van der Waals surface area contributed by atoms with Crippen molar-refractivity contribution >= 4 is 17.6 Å². The van der Waals surface area contributed by atoms with Crippen molar-refractivity contribution < 1.29 is 19.4 Å². The number of hydrogen-bond donors (Lipinski definition) is 1. The first-order valence-electron chi connectivity index (χ1n) is 7.66. The Morgan fingerprint density at radius 1 is 0.880 bits per heavy atom. The molecule has 0 radical (unpaired) electrons. The Balaban J connectivity index is 1.94. The van der Waals surface area contributed by atoms with E-state index in [0.717, 1.165) is 11.1 Å². The number of rotatable bonds is 3. The van der Waals surface area contributed by atoms with E-state index >= 15 is 0 Å². The second-order valence-corrected chi connectivity index (χ2v) is 6.07. The summed E-state index contributed by atoms with van der Waals surface area (Å²) in [4.78, 5) is 11.6. The zero-order valence-electron chi connectivity index (χ0n) is 13.0. The fourth-order valence-electron chi connectivity index (χ4n) is 2.95. The SMILES string of the molecule is O=C(O)c1cc(Cl)cc2c1OC(c1ccccc1)(c1ccccc1)O2. The molecule has 1 aliphatic rings. The van der Waals surface area contributed by atoms with Crippen molar-refractivity contribution in [2.24, 2.45) is 0 Å². The summed E-state index contributed by atoms with van der Waals surface area (Å²) in [6.07, 6.45) is 0. The molecule has 0 atom stereocenters. The highest BCUT2D eigenvalue weighted by atomic mass is 35.5. The summed E-state index contributed by atoms with van der Waals surface area (Å²) in [7, 11) is 0. The molecule has 4 nitrogen and oxygen atoms in total. The van der Waals surface area contributed by atoms with E-state index in [-0.39, 0.29) is 16.3 Å². The third-order valence-corrected chi connectivity index (χ3v) is 4.28. The van der Waals surface area contributed by atoms with Gasteiger partial charge in [-0.1, -0.05) is 72.3 Å². The van der Waals surface area contributed by atoms with Crippen molar-refractivity contribution in [3.63, 3.8) is 0 Å². The van der Waals surface area contributed by atoms with E-state index in [1.54, 1.807) is 6.07 Å². The Bertz CT molecular complexity index is 899. The van der Waals surface area contributed by atoms with Crippen molar-refractivity contribution in [2.45, 2.75) is 5.79 Å². The quantitative estimate of drug-likeness (QED) is 0.741. The Labute approximate surface area is 149 Å². The molecular weight excluding hydrogens is 340 g/mol. The van der Waals surface area contributed by atoms with Crippen LogP contribution in [0.4, 0.5) is 0 Å². The number of halogens is 1. The molecule has 124 valence electrons. The molecule has 25 heavy (non-hydrogen) atoms. The fraction of sp³-hybridized carbons (Fsp3) is 0.0500. The second-order valence-electron chi connectivity index (χ2n) is 5.64. The van der Waals surface area contributed by atoms with Gasteiger partial charge in [0.25, 0.3) is 0 Å². The molecule has 0 saturated heterocycles. The van der Waals surface area contributed by atoms with Gasteiger partial charge in [0, 0.05) is 22.2 Å². The molecule has 0 spiro atoms. The molecule has 0 aliphatic carbocycles. The van der Waals surface area contributed by atoms with Crippen LogP contribution in [-0.2, 0) is 5.79 Å². The lowest BCUT2D eigenvalue weighted by atomic mass is 9.97. The monoisotopic (exact) mass is 352 g/mol. The smallest absolute Gasteiger partial charge is 0.339 e. The van der Waals surface area contributed by atoms with Crippen LogP contribution in [0.15, 0.2) is 72.8 Å². The average molecular weight is 353 g/mol. The maximum Gasteiger partial charge on any atom is 0.339 e. The molecule has 0 amide bonds. The van der Waals surface area contributed by atoms with Crippen LogP contribution in [0.3, 0.4) is 0 Å². The minimum Gasteiger partial charge on any atom is -0.478 e. The van der Waals surface area contributed by atoms with Gasteiger partial charge in [-0.3, -0.25) is 0 Å². The van der Waals surface area contributed by atoms with Gasteiger partial charge in [-0.25, -0.2) is 4.79 Å². The van der Waals surface area contributed by atoms with Gasteiger partial charge in [0.05, 0.1) is 0 Å². The van der Waals surface area contributed by atoms with Crippen molar-refractivity contribution in [1.29, 1.82) is 0 Å². The van der Waals surface area contributed by atoms with Gasteiger partial charge in [0.15, 0.2) is 11.5 Å². The molecule has 5 heteroatoms. The van der Waals surface area contributed by atoms with Gasteiger partial charge >= 0.3 is 11.8 Å². The van der Waals surface area contributed by atoms with Crippen LogP contribution in [0.25, 0.3) is 0 Å². The first-order valence-corrected chi connectivity index (χ1v) is 8.04. The topological polar surface area (TPSA) is 55.8 Å². The Hall–Kier alpha value is -2.98. The molecule has 1 heterocycles. The highest BCUT2D eigenvalue weighted by Gasteiger charge is 2.47. The van der Waals surface area contributed by atoms with E-state index in [4.69, 9.17) is 21.1 Å². The molecule has 1 N–H and O–H groups in total. The molecule has 3 aromatic carbocycles. The van der Waals surface area contributed by atoms with E-state index < -0.39 is 11.8 Å². The maximum absolute atomic E-state index is 11.6. The lowest BCUT2D eigenvalue weighted by Gasteiger charge is -2.28. The summed E-state index contributed by atoms with van der Waals surface area (Å²) < 4.78 is 12.3. The summed E-state index contributed by atoms with van der Waals surface area (Å²) in [6, 6.07) is 21.7. The summed E-state index contributed by atoms with van der Waals surface area (Å²) >= 11 is 6.06. The summed E-state index contributed by atoms with van der Waals surface area (Å²) in [5.41, 5.74) is 1.48. The summed E-state index contributed by atoms with van der Waals surface area (Å²) in [5.74, 6) is -1.92. The normalized spacial score (nSPS) is 14.3. The molecule has 1 aliphatic heterocycles. The predicted molar refractivity (Wildman–Crippen MR) is 93.3 cm³/mol. The Morgan fingerprint density at radius 2 is 1.44 bits per heavy atom. The fourth-order valence-corrected chi connectivity index (χ4v) is 3.15. The van der Waals surface area contributed by atoms with Crippen LogP contribution in [0.1, 0.15) is 21.5 Å². The molecule has 0 aromatic heterocycles. The van der Waals surface area contributed by atoms with Gasteiger partial charge in [-0.2, -0.15) is 0 Å². The largest absolute Gasteiger partial charge is 0.478 e. The van der Waals surface area contributed by atoms with Gasteiger partial charge in [-0.15, -0.1) is 0 Å². The van der Waals surface area contributed by atoms with Crippen LogP contribution < -0.4 is 9.47 Å². The summed E-state index contributed by atoms with van der Waals surface area (Å²) in [5, 5.41) is 9.77. The minimum atomic E-state index is -1.26. The van der Waals surface area contributed by atoms with E-state index in [2.05, 4.69) is 0 Å². The van der Waals surface area contributed by atoms with Crippen LogP contribution in [0, 0.1) is 0 Å². The van der Waals surface area contributed by atoms with Crippen molar-refractivity contribution in [1.82, 2.24) is 0 Å². The molecule has 4 rings (SSSR count). The number of ether oxygens (including phenoxy) is 2. The van der Waals surface area contributed by atoms with Gasteiger partial charge < -0.3 is 14.6 Å². The molecule has 0 bridgehead atoms. The van der Waals surface area contributed by atoms with E-state index in [9.17, 15) is 9.90 Å². The number of carboxylic acids is 1. The summed E-state index contributed by atoms with van der Waals surface area (Å²) in [6.45, 7) is 0. The van der Waals surface area contributed by atoms with Crippen molar-refractivity contribution in [3.8, 4) is 11.5 Å². The zero-order valence-corrected chi connectivity index (χ0v) is 13.7. The zero-order chi connectivity index (χ0) is 17.4. The highest BCUT2D eigenvalue weighted by molar-refractivity contribution is 6.31. The maximum atomic E-state index is 11.6. The lowest BCUT2D eigenvalue weighted by Crippen LogP contribution is -2.36. The number of fused-ring (bicyclic) bond motifs is 1. The first-order chi connectivity index (χ1) is 12.1. The number of carbonyl (C=O) groups is 1. The molecular formula is C20H13ClO4. The van der Waals surface area contributed by atoms with E-state index in [1.165, 1.54) is 6.07 Å². The van der Waals surface area contributed by atoms with Gasteiger partial charge in [0.1, 0.15) is 5.56 Å². The van der Waals surface area contributed by atoms with Gasteiger partial charge in [-0.05, 0) is 6.07 Å². The average Bonchev–Trinajstić information content (AvgIpc) is 3.03. The molecule has 0 unspecified atom stereocenters. The molecule has 0 fully saturated rings. The third-order valence-electron chi connectivity index (χ3n) is 4.06. The second kappa shape index (κ2) is 5.83. The minimum absolute atomic E-state index is 0.0313. The molecule has 0 saturated carbocycles. The third kappa shape index (κ3) is 2.51. The Kier molecular flexibility index (Phi) is 3.62. The van der Waals surface area contributed by atoms with E-state index in [0.29, 0.717) is 5.75 Å². The van der Waals surface area contributed by atoms with E-state index in [1.807, 2.05) is 60.7 Å². The standard InChI is InChI=1S/C20H13ClO4/c21-15-11-16(19(22)23)18-17(12-15)24-20(25-18,13-7-3-1-4-8-13)14-9-5-2-6-10-14/h1-12H,(H,22,23). The van der Waals surface area contributed by atoms with Crippen LogP contribution in [-0.4, -0.2) is 11.1 Å². The Morgan fingerprint density at radius 3 is 1.96 bits per heavy atom. The van der Waals surface area contributed by atoms with Gasteiger partial charge in [0.2, 0.25) is 0 Å². The lowest BCUT2D eigenvalue weighted by molar-refractivity contribution is -0.0461. The highest BCUT2D eigenvalue weighted by Crippen LogP contribution is 2.50. The number of aromatic carboxylic acids is 1. The van der Waals surface area contributed by atoms with Crippen LogP contribution >= 0.6 is 11.6 Å². The first kappa shape index (κ1) is 15.5. The number of benzene rings is 3. The number of hydrogen-bond acceptors (Lipinski definition) is 3. The predicted octanol–water partition coefficient (Wildman–Crippen LogP) is 4.71. The molecule has 3 aromatic rings. The van der Waals surface area contributed by atoms with Crippen LogP contribution in [0.2, 0.25) is 5.02 Å². The van der Waals surface area contributed by atoms with Crippen LogP contribution in [0.5, 0.6) is 11.5 Å². The number of carboxylic acid groups (broad SMARTS) is 1. The van der Waals surface area contributed by atoms with Crippen molar-refractivity contribution in [3.05, 3.63) is 94.5 Å². The van der Waals surface area contributed by atoms with Crippen molar-refractivity contribution in [2.75, 3.05) is 0 Å².